The molecule has 0 saturated carbocycles. The van der Waals surface area contributed by atoms with Gasteiger partial charge in [-0.3, -0.25) is 0 Å². The van der Waals surface area contributed by atoms with E-state index in [0.717, 1.165) is 22.4 Å². The molecule has 2 aromatic rings. The van der Waals surface area contributed by atoms with Crippen molar-refractivity contribution in [1.82, 2.24) is 10.2 Å². The molecule has 21 heavy (non-hydrogen) atoms. The summed E-state index contributed by atoms with van der Waals surface area (Å²) in [4.78, 5) is 0. The predicted molar refractivity (Wildman–Crippen MR) is 85.6 cm³/mol. The van der Waals surface area contributed by atoms with Crippen LogP contribution in [0.2, 0.25) is 0 Å². The number of benzene rings is 1. The number of aromatic nitrogens is 2. The quantitative estimate of drug-likeness (QED) is 0.849. The molecule has 0 spiro atoms. The van der Waals surface area contributed by atoms with Gasteiger partial charge in [0.15, 0.2) is 0 Å². The van der Waals surface area contributed by atoms with Crippen molar-refractivity contribution >= 4 is 11.8 Å². The number of rotatable bonds is 5. The van der Waals surface area contributed by atoms with Gasteiger partial charge in [0.05, 0.1) is 5.60 Å². The van der Waals surface area contributed by atoms with Crippen molar-refractivity contribution in [2.24, 2.45) is 0 Å². The van der Waals surface area contributed by atoms with Crippen LogP contribution in [0.4, 0.5) is 0 Å². The molecule has 0 radical (unpaired) electrons. The van der Waals surface area contributed by atoms with E-state index in [2.05, 4.69) is 43.1 Å². The summed E-state index contributed by atoms with van der Waals surface area (Å²) in [6.07, 6.45) is 0.679. The summed E-state index contributed by atoms with van der Waals surface area (Å²) in [5.74, 6) is 1.31. The van der Waals surface area contributed by atoms with Crippen LogP contribution in [0.3, 0.4) is 0 Å². The van der Waals surface area contributed by atoms with Crippen molar-refractivity contribution in [1.29, 1.82) is 0 Å². The lowest BCUT2D eigenvalue weighted by atomic mass is 10.00. The lowest BCUT2D eigenvalue weighted by Gasteiger charge is -2.15. The minimum atomic E-state index is -0.667. The first kappa shape index (κ1) is 16.0. The molecular formula is C16H22N2O2S. The van der Waals surface area contributed by atoms with Gasteiger partial charge < -0.3 is 9.52 Å². The average Bonchev–Trinajstić information content (AvgIpc) is 2.74. The summed E-state index contributed by atoms with van der Waals surface area (Å²) in [6, 6.07) is 4.24. The van der Waals surface area contributed by atoms with Gasteiger partial charge in [-0.15, -0.1) is 10.2 Å². The molecule has 0 unspecified atom stereocenters. The van der Waals surface area contributed by atoms with Crippen LogP contribution in [0.5, 0.6) is 0 Å². The highest BCUT2D eigenvalue weighted by Crippen LogP contribution is 2.30. The Morgan fingerprint density at radius 2 is 1.76 bits per heavy atom. The van der Waals surface area contributed by atoms with Crippen molar-refractivity contribution < 1.29 is 9.52 Å². The van der Waals surface area contributed by atoms with Crippen molar-refractivity contribution in [3.63, 3.8) is 0 Å². The van der Waals surface area contributed by atoms with Gasteiger partial charge >= 0.3 is 0 Å². The molecule has 0 atom stereocenters. The molecule has 5 heteroatoms. The van der Waals surface area contributed by atoms with Crippen LogP contribution in [0.25, 0.3) is 11.5 Å². The second-order valence-electron chi connectivity index (χ2n) is 6.06. The Labute approximate surface area is 130 Å². The number of hydrogen-bond acceptors (Lipinski definition) is 5. The highest BCUT2D eigenvalue weighted by molar-refractivity contribution is 7.99. The zero-order chi connectivity index (χ0) is 15.6. The number of aliphatic hydroxyl groups is 1. The molecule has 0 aliphatic rings. The zero-order valence-corrected chi connectivity index (χ0v) is 14.0. The Balaban J connectivity index is 2.13. The van der Waals surface area contributed by atoms with Crippen LogP contribution in [0.15, 0.2) is 21.8 Å². The van der Waals surface area contributed by atoms with Crippen LogP contribution in [0.1, 0.15) is 37.0 Å². The van der Waals surface area contributed by atoms with Gasteiger partial charge in [0.1, 0.15) is 0 Å². The molecular weight excluding hydrogens is 284 g/mol. The second kappa shape index (κ2) is 6.20. The SMILES string of the molecule is Cc1cc(C)c(-c2nnc(SCCC(C)(C)O)o2)c(C)c1. The summed E-state index contributed by atoms with van der Waals surface area (Å²) in [5, 5.41) is 18.5. The fourth-order valence-corrected chi connectivity index (χ4v) is 3.29. The molecule has 4 nitrogen and oxygen atoms in total. The summed E-state index contributed by atoms with van der Waals surface area (Å²) < 4.78 is 5.75. The first-order chi connectivity index (χ1) is 9.76. The number of thioether (sulfide) groups is 1. The maximum Gasteiger partial charge on any atom is 0.276 e. The fraction of sp³-hybridized carbons (Fsp3) is 0.500. The van der Waals surface area contributed by atoms with Crippen LogP contribution in [0, 0.1) is 20.8 Å². The molecule has 1 aromatic heterocycles. The molecule has 0 saturated heterocycles. The van der Waals surface area contributed by atoms with Gasteiger partial charge in [-0.2, -0.15) is 0 Å². The normalized spacial score (nSPS) is 11.9. The fourth-order valence-electron chi connectivity index (χ4n) is 2.27. The Morgan fingerprint density at radius 1 is 1.14 bits per heavy atom. The lowest BCUT2D eigenvalue weighted by Crippen LogP contribution is -2.18. The summed E-state index contributed by atoms with van der Waals surface area (Å²) in [5.41, 5.74) is 3.86. The largest absolute Gasteiger partial charge is 0.411 e. The van der Waals surface area contributed by atoms with Crippen LogP contribution in [-0.4, -0.2) is 26.7 Å². The standard InChI is InChI=1S/C16H22N2O2S/c1-10-8-11(2)13(12(3)9-10)14-17-18-15(20-14)21-7-6-16(4,5)19/h8-9,19H,6-7H2,1-5H3. The van der Waals surface area contributed by atoms with E-state index < -0.39 is 5.60 Å². The molecule has 0 aliphatic carbocycles. The van der Waals surface area contributed by atoms with Gasteiger partial charge in [0, 0.05) is 11.3 Å². The van der Waals surface area contributed by atoms with E-state index in [0.29, 0.717) is 17.5 Å². The highest BCUT2D eigenvalue weighted by atomic mass is 32.2. The summed E-state index contributed by atoms with van der Waals surface area (Å²) >= 11 is 1.48. The van der Waals surface area contributed by atoms with Crippen LogP contribution < -0.4 is 0 Å². The topological polar surface area (TPSA) is 59.2 Å². The average molecular weight is 306 g/mol. The van der Waals surface area contributed by atoms with Crippen LogP contribution >= 0.6 is 11.8 Å². The molecule has 0 amide bonds. The molecule has 0 aliphatic heterocycles. The smallest absolute Gasteiger partial charge is 0.276 e. The molecule has 1 N–H and O–H groups in total. The monoisotopic (exact) mass is 306 g/mol. The first-order valence-electron chi connectivity index (χ1n) is 7.03. The molecule has 114 valence electrons. The maximum absolute atomic E-state index is 9.70. The molecule has 0 bridgehead atoms. The lowest BCUT2D eigenvalue weighted by molar-refractivity contribution is 0.0777. The third kappa shape index (κ3) is 4.32. The van der Waals surface area contributed by atoms with Gasteiger partial charge in [0.25, 0.3) is 5.22 Å². The maximum atomic E-state index is 9.70. The Hall–Kier alpha value is -1.33. The van der Waals surface area contributed by atoms with Crippen molar-refractivity contribution in [2.45, 2.75) is 51.9 Å². The van der Waals surface area contributed by atoms with Crippen molar-refractivity contribution in [2.75, 3.05) is 5.75 Å². The molecule has 0 fully saturated rings. The number of aryl methyl sites for hydroxylation is 3. The minimum Gasteiger partial charge on any atom is -0.411 e. The summed E-state index contributed by atoms with van der Waals surface area (Å²) in [7, 11) is 0. The number of hydrogen-bond donors (Lipinski definition) is 1. The van der Waals surface area contributed by atoms with E-state index in [9.17, 15) is 5.11 Å². The Kier molecular flexibility index (Phi) is 4.74. The molecule has 1 aromatic carbocycles. The van der Waals surface area contributed by atoms with Crippen LogP contribution in [-0.2, 0) is 0 Å². The van der Waals surface area contributed by atoms with Crippen molar-refractivity contribution in [3.05, 3.63) is 28.8 Å². The third-order valence-corrected chi connectivity index (χ3v) is 4.06. The van der Waals surface area contributed by atoms with E-state index >= 15 is 0 Å². The van der Waals surface area contributed by atoms with Gasteiger partial charge in [-0.1, -0.05) is 29.5 Å². The van der Waals surface area contributed by atoms with E-state index in [-0.39, 0.29) is 0 Å². The highest BCUT2D eigenvalue weighted by Gasteiger charge is 2.16. The first-order valence-corrected chi connectivity index (χ1v) is 8.02. The summed E-state index contributed by atoms with van der Waals surface area (Å²) in [6.45, 7) is 9.79. The number of nitrogens with zero attached hydrogens (tertiary/aromatic N) is 2. The van der Waals surface area contributed by atoms with E-state index in [1.54, 1.807) is 13.8 Å². The Morgan fingerprint density at radius 3 is 2.33 bits per heavy atom. The van der Waals surface area contributed by atoms with E-state index in [4.69, 9.17) is 4.42 Å². The third-order valence-electron chi connectivity index (χ3n) is 3.24. The van der Waals surface area contributed by atoms with Crippen molar-refractivity contribution in [3.8, 4) is 11.5 Å². The molecule has 2 rings (SSSR count). The van der Waals surface area contributed by atoms with Gasteiger partial charge in [-0.05, 0) is 52.2 Å². The predicted octanol–water partition coefficient (Wildman–Crippen LogP) is 3.91. The van der Waals surface area contributed by atoms with E-state index in [1.165, 1.54) is 17.3 Å². The van der Waals surface area contributed by atoms with Gasteiger partial charge in [0.2, 0.25) is 5.89 Å². The van der Waals surface area contributed by atoms with E-state index in [1.807, 2.05) is 0 Å². The molecule has 1 heterocycles. The second-order valence-corrected chi connectivity index (χ2v) is 7.10. The van der Waals surface area contributed by atoms with Gasteiger partial charge in [-0.25, -0.2) is 0 Å². The Bertz CT molecular complexity index is 606. The zero-order valence-electron chi connectivity index (χ0n) is 13.2. The minimum absolute atomic E-state index is 0.550.